The Kier molecular flexibility index (Phi) is 5.97. The average Bonchev–Trinajstić information content (AvgIpc) is 3.25. The molecule has 2 aliphatic heterocycles. The molecule has 0 saturated carbocycles. The van der Waals surface area contributed by atoms with Gasteiger partial charge in [0, 0.05) is 30.6 Å². The molecule has 10 heteroatoms. The summed E-state index contributed by atoms with van der Waals surface area (Å²) in [4.78, 5) is 49.4. The number of nitrogens with zero attached hydrogens (tertiary/aromatic N) is 3. The number of carbonyl (C=O) groups is 3. The van der Waals surface area contributed by atoms with Gasteiger partial charge >= 0.3 is 0 Å². The van der Waals surface area contributed by atoms with Crippen LogP contribution in [0.1, 0.15) is 28.9 Å². The van der Waals surface area contributed by atoms with Crippen LogP contribution in [0.15, 0.2) is 42.6 Å². The van der Waals surface area contributed by atoms with Crippen molar-refractivity contribution >= 4 is 45.9 Å². The molecule has 1 aromatic carbocycles. The minimum absolute atomic E-state index is 0.116. The van der Waals surface area contributed by atoms with Crippen molar-refractivity contribution < 1.29 is 19.5 Å². The molecule has 2 aliphatic rings. The normalized spacial score (nSPS) is 18.8. The summed E-state index contributed by atoms with van der Waals surface area (Å²) in [5.74, 6) is -0.943. The quantitative estimate of drug-likeness (QED) is 0.492. The molecule has 176 valence electrons. The summed E-state index contributed by atoms with van der Waals surface area (Å²) in [6.45, 7) is 0.807. The summed E-state index contributed by atoms with van der Waals surface area (Å²) in [5.41, 5.74) is 2.51. The van der Waals surface area contributed by atoms with E-state index in [0.717, 1.165) is 10.9 Å². The number of H-pyrrole nitrogens is 1. The highest BCUT2D eigenvalue weighted by atomic mass is 35.5. The van der Waals surface area contributed by atoms with Crippen LogP contribution in [0.5, 0.6) is 0 Å². The van der Waals surface area contributed by atoms with Gasteiger partial charge in [-0.05, 0) is 36.6 Å². The second-order valence-electron chi connectivity index (χ2n) is 8.67. The van der Waals surface area contributed by atoms with E-state index in [1.165, 1.54) is 4.90 Å². The number of hydrogen-bond donors (Lipinski definition) is 3. The van der Waals surface area contributed by atoms with Crippen LogP contribution >= 0.6 is 11.6 Å². The van der Waals surface area contributed by atoms with Crippen LogP contribution in [0.4, 0.5) is 5.69 Å². The first kappa shape index (κ1) is 22.4. The first-order chi connectivity index (χ1) is 16.4. The largest absolute Gasteiger partial charge is 0.393 e. The van der Waals surface area contributed by atoms with Gasteiger partial charge in [-0.3, -0.25) is 14.4 Å². The summed E-state index contributed by atoms with van der Waals surface area (Å²) in [5, 5.41) is 13.6. The van der Waals surface area contributed by atoms with Crippen molar-refractivity contribution in [3.8, 4) is 0 Å². The number of benzene rings is 1. The molecule has 0 bridgehead atoms. The van der Waals surface area contributed by atoms with Crippen LogP contribution in [0.3, 0.4) is 0 Å². The number of rotatable bonds is 4. The third kappa shape index (κ3) is 4.36. The van der Waals surface area contributed by atoms with Gasteiger partial charge < -0.3 is 25.2 Å². The van der Waals surface area contributed by atoms with Crippen molar-refractivity contribution in [2.75, 3.05) is 24.5 Å². The van der Waals surface area contributed by atoms with Crippen LogP contribution in [0.25, 0.3) is 10.9 Å². The molecule has 1 saturated heterocycles. The number of anilines is 1. The predicted molar refractivity (Wildman–Crippen MR) is 127 cm³/mol. The first-order valence-corrected chi connectivity index (χ1v) is 11.6. The second-order valence-corrected chi connectivity index (χ2v) is 9.06. The summed E-state index contributed by atoms with van der Waals surface area (Å²) >= 11 is 5.93. The third-order valence-electron chi connectivity index (χ3n) is 6.40. The molecule has 3 aromatic rings. The lowest BCUT2D eigenvalue weighted by Crippen LogP contribution is -2.55. The minimum atomic E-state index is -0.813. The van der Waals surface area contributed by atoms with Crippen molar-refractivity contribution in [3.63, 3.8) is 0 Å². The number of hydrogen-bond acceptors (Lipinski definition) is 5. The second kappa shape index (κ2) is 9.08. The maximum absolute atomic E-state index is 13.4. The number of aliphatic hydroxyl groups excluding tert-OH is 1. The molecule has 2 aromatic heterocycles. The fraction of sp³-hybridized carbons (Fsp3) is 0.333. The van der Waals surface area contributed by atoms with Crippen LogP contribution in [-0.2, 0) is 16.0 Å². The van der Waals surface area contributed by atoms with Crippen LogP contribution < -0.4 is 10.2 Å². The molecular weight excluding hydrogens is 458 g/mol. The Morgan fingerprint density at radius 3 is 2.76 bits per heavy atom. The molecule has 1 fully saturated rings. The lowest BCUT2D eigenvalue weighted by atomic mass is 9.96. The molecule has 4 heterocycles. The zero-order chi connectivity index (χ0) is 23.8. The highest BCUT2D eigenvalue weighted by Gasteiger charge is 2.36. The number of carbonyl (C=O) groups excluding carboxylic acids is 3. The third-order valence-corrected chi connectivity index (χ3v) is 6.61. The number of aromatic nitrogens is 2. The first-order valence-electron chi connectivity index (χ1n) is 11.2. The van der Waals surface area contributed by atoms with Crippen molar-refractivity contribution in [1.29, 1.82) is 0 Å². The molecular formula is C24H24ClN5O4. The summed E-state index contributed by atoms with van der Waals surface area (Å²) in [7, 11) is 0. The average molecular weight is 482 g/mol. The molecule has 9 nitrogen and oxygen atoms in total. The number of aromatic amines is 1. The number of fused-ring (bicyclic) bond motifs is 2. The van der Waals surface area contributed by atoms with E-state index in [2.05, 4.69) is 15.3 Å². The topological polar surface area (TPSA) is 119 Å². The van der Waals surface area contributed by atoms with Gasteiger partial charge in [-0.25, -0.2) is 4.98 Å². The van der Waals surface area contributed by atoms with E-state index in [1.54, 1.807) is 23.2 Å². The van der Waals surface area contributed by atoms with Crippen molar-refractivity contribution in [3.05, 3.63) is 59.0 Å². The molecule has 0 spiro atoms. The SMILES string of the molecule is O=C(NC1Cc2ccccc2N(CC(=O)N2CCC(O)CC2)C1=O)c1cc2cc(Cl)ncc2[nH]1. The Morgan fingerprint density at radius 2 is 1.97 bits per heavy atom. The highest BCUT2D eigenvalue weighted by molar-refractivity contribution is 6.30. The van der Waals surface area contributed by atoms with Gasteiger partial charge in [0.1, 0.15) is 23.4 Å². The molecule has 1 atom stereocenters. The number of nitrogens with one attached hydrogen (secondary N) is 2. The van der Waals surface area contributed by atoms with Crippen LogP contribution in [0.2, 0.25) is 5.15 Å². The van der Waals surface area contributed by atoms with E-state index >= 15 is 0 Å². The number of amides is 3. The van der Waals surface area contributed by atoms with Gasteiger partial charge in [-0.15, -0.1) is 0 Å². The van der Waals surface area contributed by atoms with E-state index in [1.807, 2.05) is 24.3 Å². The van der Waals surface area contributed by atoms with E-state index in [0.29, 0.717) is 54.4 Å². The minimum Gasteiger partial charge on any atom is -0.393 e. The summed E-state index contributed by atoms with van der Waals surface area (Å²) in [6, 6.07) is 9.90. The van der Waals surface area contributed by atoms with E-state index in [4.69, 9.17) is 11.6 Å². The van der Waals surface area contributed by atoms with E-state index in [-0.39, 0.29) is 18.4 Å². The number of para-hydroxylation sites is 1. The fourth-order valence-electron chi connectivity index (χ4n) is 4.55. The zero-order valence-electron chi connectivity index (χ0n) is 18.3. The zero-order valence-corrected chi connectivity index (χ0v) is 19.1. The molecule has 0 radical (unpaired) electrons. The van der Waals surface area contributed by atoms with Crippen molar-refractivity contribution in [1.82, 2.24) is 20.2 Å². The fourth-order valence-corrected chi connectivity index (χ4v) is 4.72. The Labute approximate surface area is 200 Å². The summed E-state index contributed by atoms with van der Waals surface area (Å²) in [6.07, 6.45) is 2.54. The van der Waals surface area contributed by atoms with Gasteiger partial charge in [0.2, 0.25) is 11.8 Å². The van der Waals surface area contributed by atoms with Gasteiger partial charge in [-0.1, -0.05) is 29.8 Å². The maximum Gasteiger partial charge on any atom is 0.268 e. The number of aliphatic hydroxyl groups is 1. The smallest absolute Gasteiger partial charge is 0.268 e. The molecule has 3 N–H and O–H groups in total. The number of halogens is 1. The lowest BCUT2D eigenvalue weighted by molar-refractivity contribution is -0.133. The number of pyridine rings is 1. The van der Waals surface area contributed by atoms with Crippen molar-refractivity contribution in [2.24, 2.45) is 0 Å². The number of piperidine rings is 1. The van der Waals surface area contributed by atoms with Gasteiger partial charge in [0.05, 0.1) is 17.8 Å². The predicted octanol–water partition coefficient (Wildman–Crippen LogP) is 1.89. The molecule has 5 rings (SSSR count). The van der Waals surface area contributed by atoms with Crippen LogP contribution in [0, 0.1) is 0 Å². The molecule has 0 aliphatic carbocycles. The van der Waals surface area contributed by atoms with Crippen LogP contribution in [-0.4, -0.2) is 69.5 Å². The Morgan fingerprint density at radius 1 is 1.21 bits per heavy atom. The summed E-state index contributed by atoms with van der Waals surface area (Å²) < 4.78 is 0. The van der Waals surface area contributed by atoms with Crippen molar-refractivity contribution in [2.45, 2.75) is 31.4 Å². The maximum atomic E-state index is 13.4. The standard InChI is InChI=1S/C24H24ClN5O4/c25-21-11-15-10-17(27-19(15)12-26-21)23(33)28-18-9-14-3-1-2-4-20(14)30(24(18)34)13-22(32)29-7-5-16(31)6-8-29/h1-4,10-12,16,18,27,31H,5-9,13H2,(H,28,33). The van der Waals surface area contributed by atoms with Gasteiger partial charge in [0.25, 0.3) is 5.91 Å². The van der Waals surface area contributed by atoms with E-state index < -0.39 is 18.1 Å². The van der Waals surface area contributed by atoms with E-state index in [9.17, 15) is 19.5 Å². The molecule has 34 heavy (non-hydrogen) atoms. The monoisotopic (exact) mass is 481 g/mol. The van der Waals surface area contributed by atoms with Gasteiger partial charge in [-0.2, -0.15) is 0 Å². The molecule has 1 unspecified atom stereocenters. The Bertz CT molecular complexity index is 1270. The van der Waals surface area contributed by atoms with Gasteiger partial charge in [0.15, 0.2) is 0 Å². The lowest BCUT2D eigenvalue weighted by Gasteiger charge is -2.36. The number of likely N-dealkylation sites (tertiary alicyclic amines) is 1. The highest BCUT2D eigenvalue weighted by Crippen LogP contribution is 2.28. The molecule has 3 amide bonds. The Balaban J connectivity index is 1.35. The Hall–Kier alpha value is -3.43.